The van der Waals surface area contributed by atoms with Gasteiger partial charge in [-0.3, -0.25) is 4.79 Å². The number of ether oxygens (including phenoxy) is 1. The fourth-order valence-electron chi connectivity index (χ4n) is 8.62. The highest BCUT2D eigenvalue weighted by molar-refractivity contribution is 5.76. The first-order valence-electron chi connectivity index (χ1n) is 11.6. The van der Waals surface area contributed by atoms with Crippen LogP contribution in [0.2, 0.25) is 0 Å². The number of cyclic esters (lactones) is 1. The Morgan fingerprint density at radius 2 is 1.86 bits per heavy atom. The van der Waals surface area contributed by atoms with Crippen molar-refractivity contribution in [3.8, 4) is 0 Å². The lowest BCUT2D eigenvalue weighted by Gasteiger charge is -2.64. The highest BCUT2D eigenvalue weighted by Gasteiger charge is 2.68. The third-order valence-electron chi connectivity index (χ3n) is 10.5. The van der Waals surface area contributed by atoms with Gasteiger partial charge in [0.25, 0.3) is 0 Å². The van der Waals surface area contributed by atoms with E-state index in [2.05, 4.69) is 20.4 Å². The Bertz CT molecular complexity index is 773. The normalized spacial score (nSPS) is 54.1. The molecular weight excluding hydrogens is 364 g/mol. The second-order valence-electron chi connectivity index (χ2n) is 11.3. The van der Waals surface area contributed by atoms with Gasteiger partial charge >= 0.3 is 5.97 Å². The van der Waals surface area contributed by atoms with Crippen molar-refractivity contribution in [2.75, 3.05) is 0 Å². The maximum Gasteiger partial charge on any atom is 0.314 e. The van der Waals surface area contributed by atoms with E-state index < -0.39 is 11.2 Å². The Morgan fingerprint density at radius 1 is 1.07 bits per heavy atom. The van der Waals surface area contributed by atoms with Crippen molar-refractivity contribution >= 4 is 5.97 Å². The topological polar surface area (TPSA) is 66.8 Å². The van der Waals surface area contributed by atoms with Crippen LogP contribution in [0.25, 0.3) is 0 Å². The van der Waals surface area contributed by atoms with Crippen LogP contribution in [0.1, 0.15) is 78.1 Å². The Balaban J connectivity index is 1.44. The van der Waals surface area contributed by atoms with E-state index in [1.165, 1.54) is 0 Å². The van der Waals surface area contributed by atoms with E-state index in [-0.39, 0.29) is 22.7 Å². The summed E-state index contributed by atoms with van der Waals surface area (Å²) in [4.78, 5) is 11.7. The maximum atomic E-state index is 12.2. The molecule has 0 amide bonds. The molecule has 0 bridgehead atoms. The van der Waals surface area contributed by atoms with Crippen LogP contribution in [0.4, 0.5) is 0 Å². The molecule has 5 aliphatic rings. The van der Waals surface area contributed by atoms with Gasteiger partial charge in [0.05, 0.1) is 23.9 Å². The average molecular weight is 401 g/mol. The monoisotopic (exact) mass is 400 g/mol. The van der Waals surface area contributed by atoms with Crippen molar-refractivity contribution in [2.24, 2.45) is 34.5 Å². The smallest absolute Gasteiger partial charge is 0.314 e. The van der Waals surface area contributed by atoms with Crippen molar-refractivity contribution in [3.63, 3.8) is 0 Å². The maximum absolute atomic E-state index is 12.2. The lowest BCUT2D eigenvalue weighted by molar-refractivity contribution is -0.211. The number of rotatable bonds is 2. The van der Waals surface area contributed by atoms with Crippen LogP contribution in [0, 0.1) is 34.5 Å². The fourth-order valence-corrected chi connectivity index (χ4v) is 8.62. The highest BCUT2D eigenvalue weighted by Crippen LogP contribution is 2.70. The molecule has 8 atom stereocenters. The van der Waals surface area contributed by atoms with Crippen LogP contribution >= 0.6 is 0 Å². The van der Waals surface area contributed by atoms with Crippen molar-refractivity contribution in [2.45, 2.75) is 89.3 Å². The molecule has 4 nitrogen and oxygen atoms in total. The van der Waals surface area contributed by atoms with E-state index in [9.17, 15) is 15.0 Å². The molecule has 0 aromatic carbocycles. The SMILES string of the molecule is C=C[C@]1(O)CC[C@@]2(C)[C@H](CC[C@@H]3[C@@H]2CC[C@]2(C)[C@@H](C4=COC(=O)C4)CC[C@]32O)C1. The molecule has 2 N–H and O–H groups in total. The third-order valence-corrected chi connectivity index (χ3v) is 10.5. The number of esters is 1. The molecule has 29 heavy (non-hydrogen) atoms. The summed E-state index contributed by atoms with van der Waals surface area (Å²) in [6.07, 6.45) is 12.5. The first kappa shape index (κ1) is 19.8. The minimum Gasteiger partial charge on any atom is -0.434 e. The van der Waals surface area contributed by atoms with Crippen molar-refractivity contribution in [3.05, 3.63) is 24.5 Å². The Kier molecular flexibility index (Phi) is 4.23. The standard InChI is InChI=1S/C25H36O4/c1-4-24(27)12-11-22(2)17(14-24)5-6-20-19(22)7-9-23(3)18(8-10-25(20,23)28)16-13-21(26)29-15-16/h4,15,17-20,27-28H,1,5-14H2,2-3H3/t17-,18-,19+,20-,22+,23-,24+,25+/m1/s1. The van der Waals surface area contributed by atoms with Crippen LogP contribution in [-0.4, -0.2) is 27.4 Å². The molecule has 0 unspecified atom stereocenters. The number of carbonyl (C=O) groups is 1. The summed E-state index contributed by atoms with van der Waals surface area (Å²) in [6, 6.07) is 0. The largest absolute Gasteiger partial charge is 0.434 e. The molecule has 4 saturated carbocycles. The van der Waals surface area contributed by atoms with E-state index in [0.717, 1.165) is 63.4 Å². The zero-order valence-corrected chi connectivity index (χ0v) is 18.0. The van der Waals surface area contributed by atoms with Gasteiger partial charge in [-0.2, -0.15) is 0 Å². The van der Waals surface area contributed by atoms with Crippen LogP contribution in [0.5, 0.6) is 0 Å². The first-order valence-corrected chi connectivity index (χ1v) is 11.6. The highest BCUT2D eigenvalue weighted by atomic mass is 16.5. The Labute approximate surface area is 174 Å². The van der Waals surface area contributed by atoms with Gasteiger partial charge in [0.2, 0.25) is 0 Å². The second-order valence-corrected chi connectivity index (χ2v) is 11.3. The lowest BCUT2D eigenvalue weighted by atomic mass is 9.42. The molecule has 0 aromatic rings. The van der Waals surface area contributed by atoms with Crippen molar-refractivity contribution in [1.29, 1.82) is 0 Å². The van der Waals surface area contributed by atoms with Gasteiger partial charge in [-0.15, -0.1) is 6.58 Å². The lowest BCUT2D eigenvalue weighted by Crippen LogP contribution is -2.62. The van der Waals surface area contributed by atoms with Gasteiger partial charge in [-0.1, -0.05) is 19.9 Å². The summed E-state index contributed by atoms with van der Waals surface area (Å²) < 4.78 is 5.14. The molecule has 0 aromatic heterocycles. The van der Waals surface area contributed by atoms with Gasteiger partial charge in [-0.05, 0) is 92.4 Å². The number of fused-ring (bicyclic) bond motifs is 5. The molecule has 0 spiro atoms. The molecule has 4 aliphatic carbocycles. The van der Waals surface area contributed by atoms with Crippen LogP contribution < -0.4 is 0 Å². The van der Waals surface area contributed by atoms with Gasteiger partial charge in [-0.25, -0.2) is 0 Å². The molecule has 1 aliphatic heterocycles. The molecule has 4 heteroatoms. The summed E-state index contributed by atoms with van der Waals surface area (Å²) in [5.41, 5.74) is -0.253. The average Bonchev–Trinajstić information content (AvgIpc) is 3.23. The van der Waals surface area contributed by atoms with Crippen LogP contribution in [0.3, 0.4) is 0 Å². The Morgan fingerprint density at radius 3 is 2.55 bits per heavy atom. The molecule has 0 radical (unpaired) electrons. The quantitative estimate of drug-likeness (QED) is 0.529. The summed E-state index contributed by atoms with van der Waals surface area (Å²) in [5.74, 6) is 1.44. The second kappa shape index (κ2) is 6.20. The molecule has 4 fully saturated rings. The zero-order chi connectivity index (χ0) is 20.7. The van der Waals surface area contributed by atoms with Crippen molar-refractivity contribution in [1.82, 2.24) is 0 Å². The van der Waals surface area contributed by atoms with E-state index in [1.807, 2.05) is 0 Å². The number of hydrogen-bond donors (Lipinski definition) is 2. The minimum atomic E-state index is -0.711. The minimum absolute atomic E-state index is 0.155. The number of carbonyl (C=O) groups excluding carboxylic acids is 1. The summed E-state index contributed by atoms with van der Waals surface area (Å²) >= 11 is 0. The van der Waals surface area contributed by atoms with Crippen LogP contribution in [-0.2, 0) is 9.53 Å². The summed E-state index contributed by atoms with van der Waals surface area (Å²) in [5, 5.41) is 23.0. The molecular formula is C25H36O4. The summed E-state index contributed by atoms with van der Waals surface area (Å²) in [7, 11) is 0. The van der Waals surface area contributed by atoms with E-state index >= 15 is 0 Å². The fraction of sp³-hybridized carbons (Fsp3) is 0.800. The number of aliphatic hydroxyl groups is 2. The molecule has 160 valence electrons. The van der Waals surface area contributed by atoms with Gasteiger partial charge < -0.3 is 14.9 Å². The summed E-state index contributed by atoms with van der Waals surface area (Å²) in [6.45, 7) is 8.59. The van der Waals surface area contributed by atoms with Crippen LogP contribution in [0.15, 0.2) is 24.5 Å². The van der Waals surface area contributed by atoms with E-state index in [0.29, 0.717) is 24.2 Å². The predicted octanol–water partition coefficient (Wildman–Crippen LogP) is 4.51. The van der Waals surface area contributed by atoms with Gasteiger partial charge in [0.1, 0.15) is 0 Å². The third kappa shape index (κ3) is 2.54. The van der Waals surface area contributed by atoms with E-state index in [4.69, 9.17) is 4.74 Å². The Hall–Kier alpha value is -1.13. The molecule has 0 saturated heterocycles. The first-order chi connectivity index (χ1) is 13.7. The van der Waals surface area contributed by atoms with E-state index in [1.54, 1.807) is 12.3 Å². The van der Waals surface area contributed by atoms with Crippen molar-refractivity contribution < 1.29 is 19.7 Å². The number of hydrogen-bond acceptors (Lipinski definition) is 4. The predicted molar refractivity (Wildman–Crippen MR) is 111 cm³/mol. The molecule has 1 heterocycles. The van der Waals surface area contributed by atoms with Gasteiger partial charge in [0.15, 0.2) is 0 Å². The van der Waals surface area contributed by atoms with Gasteiger partial charge in [0, 0.05) is 5.41 Å². The molecule has 5 rings (SSSR count). The zero-order valence-electron chi connectivity index (χ0n) is 18.0.